The zero-order chi connectivity index (χ0) is 19.0. The van der Waals surface area contributed by atoms with Crippen molar-refractivity contribution < 1.29 is 26.7 Å². The Morgan fingerprint density at radius 3 is 2.56 bits per heavy atom. The number of nitrogens with two attached hydrogens (primary N) is 1. The highest BCUT2D eigenvalue weighted by atomic mass is 35.5. The van der Waals surface area contributed by atoms with Crippen LogP contribution in [0.2, 0.25) is 5.02 Å². The number of rotatable bonds is 6. The van der Waals surface area contributed by atoms with Crippen LogP contribution < -0.4 is 5.73 Å². The Balaban J connectivity index is 2.58. The first-order valence-corrected chi connectivity index (χ1v) is 11.0. The summed E-state index contributed by atoms with van der Waals surface area (Å²) < 4.78 is 51.0. The van der Waals surface area contributed by atoms with Gasteiger partial charge in [0.05, 0.1) is 22.1 Å². The highest BCUT2D eigenvalue weighted by Gasteiger charge is 2.48. The van der Waals surface area contributed by atoms with E-state index in [-0.39, 0.29) is 46.5 Å². The van der Waals surface area contributed by atoms with Gasteiger partial charge in [-0.25, -0.2) is 21.6 Å². The summed E-state index contributed by atoms with van der Waals surface area (Å²) in [5.41, 5.74) is 4.13. The molecule has 2 rings (SSSR count). The Labute approximate surface area is 151 Å². The van der Waals surface area contributed by atoms with Gasteiger partial charge in [0.15, 0.2) is 9.84 Å². The number of nitrogens with zero attached hydrogens (tertiary/aromatic N) is 1. The van der Waals surface area contributed by atoms with Gasteiger partial charge in [-0.2, -0.15) is 4.31 Å². The van der Waals surface area contributed by atoms with Gasteiger partial charge in [0.25, 0.3) is 0 Å². The maximum Gasteiger partial charge on any atom is 0.335 e. The molecule has 1 aliphatic heterocycles. The molecule has 11 heteroatoms. The fourth-order valence-corrected chi connectivity index (χ4v) is 7.48. The Morgan fingerprint density at radius 1 is 1.44 bits per heavy atom. The number of halogens is 1. The molecule has 0 aliphatic carbocycles. The maximum atomic E-state index is 13.1. The number of carbonyl (C=O) groups is 1. The van der Waals surface area contributed by atoms with E-state index in [1.165, 1.54) is 12.1 Å². The molecule has 8 nitrogen and oxygen atoms in total. The number of benzene rings is 1. The van der Waals surface area contributed by atoms with Crippen molar-refractivity contribution in [2.24, 2.45) is 5.73 Å². The molecule has 0 aromatic heterocycles. The molecule has 0 saturated carbocycles. The number of sulfonamides is 1. The molecule has 1 aromatic carbocycles. The van der Waals surface area contributed by atoms with Gasteiger partial charge in [0.2, 0.25) is 10.0 Å². The fourth-order valence-electron chi connectivity index (χ4n) is 2.94. The minimum atomic E-state index is -4.25. The van der Waals surface area contributed by atoms with Gasteiger partial charge in [0, 0.05) is 18.6 Å². The number of hydrogen-bond acceptors (Lipinski definition) is 6. The molecule has 0 amide bonds. The largest absolute Gasteiger partial charge is 0.478 e. The van der Waals surface area contributed by atoms with Crippen LogP contribution in [0.1, 0.15) is 23.7 Å². The third-order valence-corrected chi connectivity index (χ3v) is 8.59. The standard InChI is InChI=1S/C14H19ClN2O6S2/c1-14(4-7-24(20,21)9-14)17(6-5-16)25(22,23)12-8-10(13(18)19)2-3-11(12)15/h2-3,8H,4-7,9,16H2,1H3,(H,18,19)/t14-/m1/s1. The van der Waals surface area contributed by atoms with Crippen LogP contribution in [0.3, 0.4) is 0 Å². The molecule has 25 heavy (non-hydrogen) atoms. The lowest BCUT2D eigenvalue weighted by molar-refractivity contribution is 0.0696. The van der Waals surface area contributed by atoms with Gasteiger partial charge in [-0.1, -0.05) is 11.6 Å². The van der Waals surface area contributed by atoms with Crippen molar-refractivity contribution in [3.63, 3.8) is 0 Å². The van der Waals surface area contributed by atoms with Gasteiger partial charge < -0.3 is 10.8 Å². The van der Waals surface area contributed by atoms with Crippen LogP contribution in [-0.4, -0.2) is 62.4 Å². The van der Waals surface area contributed by atoms with Crippen LogP contribution in [-0.2, 0) is 19.9 Å². The van der Waals surface area contributed by atoms with Gasteiger partial charge in [-0.3, -0.25) is 0 Å². The van der Waals surface area contributed by atoms with E-state index in [9.17, 15) is 21.6 Å². The second kappa shape index (κ2) is 6.84. The molecular formula is C14H19ClN2O6S2. The van der Waals surface area contributed by atoms with Gasteiger partial charge in [-0.15, -0.1) is 0 Å². The highest BCUT2D eigenvalue weighted by molar-refractivity contribution is 7.92. The fraction of sp³-hybridized carbons (Fsp3) is 0.500. The van der Waals surface area contributed by atoms with Crippen molar-refractivity contribution in [3.8, 4) is 0 Å². The summed E-state index contributed by atoms with van der Waals surface area (Å²) in [6.45, 7) is 1.41. The SMILES string of the molecule is C[C@@]1(N(CCN)S(=O)(=O)c2cc(C(=O)O)ccc2Cl)CCS(=O)(=O)C1. The zero-order valence-electron chi connectivity index (χ0n) is 13.5. The molecular weight excluding hydrogens is 392 g/mol. The van der Waals surface area contributed by atoms with Gasteiger partial charge >= 0.3 is 5.97 Å². The minimum Gasteiger partial charge on any atom is -0.478 e. The molecule has 0 radical (unpaired) electrons. The van der Waals surface area contributed by atoms with Gasteiger partial charge in [-0.05, 0) is 31.5 Å². The van der Waals surface area contributed by atoms with E-state index in [0.29, 0.717) is 0 Å². The lowest BCUT2D eigenvalue weighted by Crippen LogP contribution is -2.52. The summed E-state index contributed by atoms with van der Waals surface area (Å²) in [6, 6.07) is 3.35. The Morgan fingerprint density at radius 2 is 2.08 bits per heavy atom. The third kappa shape index (κ3) is 3.98. The van der Waals surface area contributed by atoms with Crippen molar-refractivity contribution in [2.45, 2.75) is 23.8 Å². The summed E-state index contributed by atoms with van der Waals surface area (Å²) in [4.78, 5) is 10.8. The molecule has 1 aromatic rings. The molecule has 140 valence electrons. The highest BCUT2D eigenvalue weighted by Crippen LogP contribution is 2.35. The second-order valence-electron chi connectivity index (χ2n) is 6.16. The summed E-state index contributed by atoms with van der Waals surface area (Å²) in [7, 11) is -7.61. The molecule has 3 N–H and O–H groups in total. The predicted molar refractivity (Wildman–Crippen MR) is 93.0 cm³/mol. The Hall–Kier alpha value is -1.20. The molecule has 1 heterocycles. The quantitative estimate of drug-likeness (QED) is 0.699. The average molecular weight is 411 g/mol. The minimum absolute atomic E-state index is 0.0227. The van der Waals surface area contributed by atoms with E-state index in [4.69, 9.17) is 22.4 Å². The van der Waals surface area contributed by atoms with Crippen LogP contribution in [0.25, 0.3) is 0 Å². The predicted octanol–water partition coefficient (Wildman–Crippen LogP) is 0.565. The van der Waals surface area contributed by atoms with Gasteiger partial charge in [0.1, 0.15) is 4.90 Å². The third-order valence-electron chi connectivity index (χ3n) is 4.16. The van der Waals surface area contributed by atoms with Crippen LogP contribution >= 0.6 is 11.6 Å². The van der Waals surface area contributed by atoms with E-state index in [1.54, 1.807) is 6.92 Å². The first-order valence-electron chi connectivity index (χ1n) is 7.39. The first kappa shape index (κ1) is 20.1. The smallest absolute Gasteiger partial charge is 0.335 e. The molecule has 1 atom stereocenters. The summed E-state index contributed by atoms with van der Waals surface area (Å²) >= 11 is 5.99. The number of hydrogen-bond donors (Lipinski definition) is 2. The lowest BCUT2D eigenvalue weighted by Gasteiger charge is -2.36. The van der Waals surface area contributed by atoms with Crippen LogP contribution in [0.5, 0.6) is 0 Å². The first-order chi connectivity index (χ1) is 11.4. The van der Waals surface area contributed by atoms with Crippen LogP contribution in [0.4, 0.5) is 0 Å². The summed E-state index contributed by atoms with van der Waals surface area (Å²) in [6.07, 6.45) is 0.130. The van der Waals surface area contributed by atoms with E-state index in [2.05, 4.69) is 0 Å². The van der Waals surface area contributed by atoms with Crippen molar-refractivity contribution in [3.05, 3.63) is 28.8 Å². The van der Waals surface area contributed by atoms with E-state index < -0.39 is 31.4 Å². The average Bonchev–Trinajstić information content (AvgIpc) is 2.78. The van der Waals surface area contributed by atoms with Crippen molar-refractivity contribution in [1.82, 2.24) is 4.31 Å². The van der Waals surface area contributed by atoms with Crippen LogP contribution in [0, 0.1) is 0 Å². The molecule has 1 saturated heterocycles. The van der Waals surface area contributed by atoms with Crippen molar-refractivity contribution in [2.75, 3.05) is 24.6 Å². The monoisotopic (exact) mass is 410 g/mol. The van der Waals surface area contributed by atoms with E-state index >= 15 is 0 Å². The normalized spacial score (nSPS) is 23.0. The summed E-state index contributed by atoms with van der Waals surface area (Å²) in [5.74, 6) is -1.74. The molecule has 0 unspecified atom stereocenters. The molecule has 0 spiro atoms. The Bertz CT molecular complexity index is 900. The molecule has 0 bridgehead atoms. The zero-order valence-corrected chi connectivity index (χ0v) is 15.9. The molecule has 1 aliphatic rings. The number of aromatic carboxylic acids is 1. The van der Waals surface area contributed by atoms with Crippen molar-refractivity contribution >= 4 is 37.4 Å². The topological polar surface area (TPSA) is 135 Å². The Kier molecular flexibility index (Phi) is 5.50. The van der Waals surface area contributed by atoms with Crippen molar-refractivity contribution in [1.29, 1.82) is 0 Å². The van der Waals surface area contributed by atoms with Crippen LogP contribution in [0.15, 0.2) is 23.1 Å². The number of carboxylic acid groups (broad SMARTS) is 1. The maximum absolute atomic E-state index is 13.1. The molecule has 1 fully saturated rings. The van der Waals surface area contributed by atoms with E-state index in [1.807, 2.05) is 0 Å². The van der Waals surface area contributed by atoms with E-state index in [0.717, 1.165) is 10.4 Å². The number of sulfone groups is 1. The second-order valence-corrected chi connectivity index (χ2v) is 10.6. The lowest BCUT2D eigenvalue weighted by atomic mass is 10.0. The summed E-state index contributed by atoms with van der Waals surface area (Å²) in [5, 5.41) is 8.95. The number of carboxylic acids is 1.